The second kappa shape index (κ2) is 7.29. The normalized spacial score (nSPS) is 12.5. The number of anilines is 1. The first-order valence-electron chi connectivity index (χ1n) is 7.07. The van der Waals surface area contributed by atoms with Crippen molar-refractivity contribution in [2.45, 2.75) is 40.5 Å². The van der Waals surface area contributed by atoms with Gasteiger partial charge in [0.25, 0.3) is 0 Å². The van der Waals surface area contributed by atoms with Crippen LogP contribution in [0.5, 0.6) is 0 Å². The van der Waals surface area contributed by atoms with Crippen molar-refractivity contribution < 1.29 is 9.90 Å². The second-order valence-corrected chi connectivity index (χ2v) is 5.18. The van der Waals surface area contributed by atoms with Crippen LogP contribution in [0.4, 0.5) is 5.69 Å². The fraction of sp³-hybridized carbons (Fsp3) is 0.562. The Morgan fingerprint density at radius 3 is 2.11 bits per heavy atom. The molecule has 106 valence electrons. The van der Waals surface area contributed by atoms with Crippen molar-refractivity contribution in [1.82, 2.24) is 0 Å². The Kier molecular flexibility index (Phi) is 6.03. The van der Waals surface area contributed by atoms with Crippen LogP contribution in [-0.4, -0.2) is 17.6 Å². The molecule has 0 aliphatic rings. The maximum atomic E-state index is 12.3. The lowest BCUT2D eigenvalue weighted by molar-refractivity contribution is -0.122. The van der Waals surface area contributed by atoms with E-state index in [9.17, 15) is 9.90 Å². The Morgan fingerprint density at radius 2 is 1.74 bits per heavy atom. The summed E-state index contributed by atoms with van der Waals surface area (Å²) in [6.07, 6.45) is 1.77. The van der Waals surface area contributed by atoms with Gasteiger partial charge in [0.1, 0.15) is 0 Å². The number of carbonyl (C=O) groups excluding carboxylic acids is 1. The lowest BCUT2D eigenvalue weighted by Gasteiger charge is -2.20. The van der Waals surface area contributed by atoms with E-state index >= 15 is 0 Å². The number of hydrogen-bond donors (Lipinski definition) is 2. The van der Waals surface area contributed by atoms with Gasteiger partial charge in [0.15, 0.2) is 0 Å². The molecule has 0 aliphatic heterocycles. The van der Waals surface area contributed by atoms with E-state index in [2.05, 4.69) is 19.2 Å². The Bertz CT molecular complexity index is 405. The number of benzene rings is 1. The number of hydrogen-bond acceptors (Lipinski definition) is 2. The van der Waals surface area contributed by atoms with E-state index in [1.165, 1.54) is 0 Å². The molecule has 0 heterocycles. The molecular formula is C16H25NO2. The van der Waals surface area contributed by atoms with E-state index < -0.39 is 0 Å². The first-order valence-corrected chi connectivity index (χ1v) is 7.07. The molecule has 1 aromatic carbocycles. The predicted octanol–water partition coefficient (Wildman–Crippen LogP) is 3.01. The Labute approximate surface area is 116 Å². The zero-order valence-corrected chi connectivity index (χ0v) is 12.4. The molecule has 1 rings (SSSR count). The minimum atomic E-state index is -0.352. The van der Waals surface area contributed by atoms with Gasteiger partial charge in [-0.15, -0.1) is 0 Å². The molecule has 0 aromatic heterocycles. The summed E-state index contributed by atoms with van der Waals surface area (Å²) in [7, 11) is 0. The molecule has 0 bridgehead atoms. The van der Waals surface area contributed by atoms with Crippen LogP contribution in [0, 0.1) is 11.8 Å². The molecule has 2 N–H and O–H groups in total. The van der Waals surface area contributed by atoms with E-state index in [0.29, 0.717) is 0 Å². The van der Waals surface area contributed by atoms with E-state index in [1.807, 2.05) is 32.0 Å². The molecule has 19 heavy (non-hydrogen) atoms. The smallest absolute Gasteiger partial charge is 0.230 e. The van der Waals surface area contributed by atoms with Crippen LogP contribution in [-0.2, 0) is 17.6 Å². The van der Waals surface area contributed by atoms with Crippen LogP contribution < -0.4 is 5.32 Å². The van der Waals surface area contributed by atoms with Gasteiger partial charge in [-0.3, -0.25) is 4.79 Å². The maximum Gasteiger partial charge on any atom is 0.230 e. The van der Waals surface area contributed by atoms with Crippen molar-refractivity contribution in [3.63, 3.8) is 0 Å². The quantitative estimate of drug-likeness (QED) is 0.829. The fourth-order valence-electron chi connectivity index (χ4n) is 2.22. The average Bonchev–Trinajstić information content (AvgIpc) is 2.39. The summed E-state index contributed by atoms with van der Waals surface area (Å²) in [5, 5.41) is 12.4. The molecule has 0 radical (unpaired) electrons. The first kappa shape index (κ1) is 15.7. The molecule has 1 aromatic rings. The van der Waals surface area contributed by atoms with E-state index in [0.717, 1.165) is 29.7 Å². The van der Waals surface area contributed by atoms with Gasteiger partial charge in [-0.25, -0.2) is 0 Å². The Hall–Kier alpha value is -1.35. The van der Waals surface area contributed by atoms with E-state index in [4.69, 9.17) is 0 Å². The highest BCUT2D eigenvalue weighted by Crippen LogP contribution is 2.24. The van der Waals surface area contributed by atoms with Crippen LogP contribution in [0.3, 0.4) is 0 Å². The topological polar surface area (TPSA) is 49.3 Å². The number of para-hydroxylation sites is 1. The highest BCUT2D eigenvalue weighted by atomic mass is 16.3. The van der Waals surface area contributed by atoms with E-state index in [-0.39, 0.29) is 24.3 Å². The minimum Gasteiger partial charge on any atom is -0.396 e. The molecule has 0 spiro atoms. The van der Waals surface area contributed by atoms with Crippen LogP contribution in [0.1, 0.15) is 38.8 Å². The van der Waals surface area contributed by atoms with Crippen molar-refractivity contribution in [3.8, 4) is 0 Å². The number of aryl methyl sites for hydroxylation is 2. The van der Waals surface area contributed by atoms with Crippen molar-refractivity contribution >= 4 is 11.6 Å². The summed E-state index contributed by atoms with van der Waals surface area (Å²) >= 11 is 0. The third-order valence-electron chi connectivity index (χ3n) is 3.59. The first-order chi connectivity index (χ1) is 9.04. The van der Waals surface area contributed by atoms with E-state index in [1.54, 1.807) is 0 Å². The number of aliphatic hydroxyl groups excluding tert-OH is 1. The molecule has 3 heteroatoms. The van der Waals surface area contributed by atoms with Crippen molar-refractivity contribution in [1.29, 1.82) is 0 Å². The standard InChI is InChI=1S/C16H25NO2/c1-5-12-8-7-9-13(6-2)15(12)17-16(19)14(10-18)11(3)4/h7-9,11,14,18H,5-6,10H2,1-4H3,(H,17,19). The number of carbonyl (C=O) groups is 1. The Balaban J connectivity index is 3.01. The fourth-order valence-corrected chi connectivity index (χ4v) is 2.22. The van der Waals surface area contributed by atoms with Gasteiger partial charge in [-0.1, -0.05) is 45.9 Å². The molecule has 1 unspecified atom stereocenters. The molecule has 3 nitrogen and oxygen atoms in total. The summed E-state index contributed by atoms with van der Waals surface area (Å²) in [5.74, 6) is -0.313. The summed E-state index contributed by atoms with van der Waals surface area (Å²) in [6, 6.07) is 6.11. The third-order valence-corrected chi connectivity index (χ3v) is 3.59. The molecule has 0 fully saturated rings. The minimum absolute atomic E-state index is 0.0897. The van der Waals surface area contributed by atoms with Gasteiger partial charge in [0.05, 0.1) is 12.5 Å². The molecular weight excluding hydrogens is 238 g/mol. The van der Waals surface area contributed by atoms with Crippen LogP contribution in [0.25, 0.3) is 0 Å². The molecule has 0 aliphatic carbocycles. The highest BCUT2D eigenvalue weighted by Gasteiger charge is 2.22. The van der Waals surface area contributed by atoms with Gasteiger partial charge < -0.3 is 10.4 Å². The Morgan fingerprint density at radius 1 is 1.21 bits per heavy atom. The monoisotopic (exact) mass is 263 g/mol. The van der Waals surface area contributed by atoms with Gasteiger partial charge in [0, 0.05) is 5.69 Å². The molecule has 1 atom stereocenters. The third kappa shape index (κ3) is 3.80. The average molecular weight is 263 g/mol. The van der Waals surface area contributed by atoms with Crippen molar-refractivity contribution in [3.05, 3.63) is 29.3 Å². The lowest BCUT2D eigenvalue weighted by atomic mass is 9.95. The zero-order chi connectivity index (χ0) is 14.4. The zero-order valence-electron chi connectivity index (χ0n) is 12.4. The van der Waals surface area contributed by atoms with Crippen molar-refractivity contribution in [2.24, 2.45) is 11.8 Å². The number of nitrogens with one attached hydrogen (secondary N) is 1. The SMILES string of the molecule is CCc1cccc(CC)c1NC(=O)C(CO)C(C)C. The molecule has 0 saturated heterocycles. The largest absolute Gasteiger partial charge is 0.396 e. The van der Waals surface area contributed by atoms with Gasteiger partial charge in [-0.2, -0.15) is 0 Å². The maximum absolute atomic E-state index is 12.3. The summed E-state index contributed by atoms with van der Waals surface area (Å²) in [4.78, 5) is 12.3. The van der Waals surface area contributed by atoms with Crippen LogP contribution in [0.15, 0.2) is 18.2 Å². The summed E-state index contributed by atoms with van der Waals surface area (Å²) < 4.78 is 0. The summed E-state index contributed by atoms with van der Waals surface area (Å²) in [6.45, 7) is 7.95. The molecule has 1 amide bonds. The lowest BCUT2D eigenvalue weighted by Crippen LogP contribution is -2.30. The van der Waals surface area contributed by atoms with Gasteiger partial charge in [0.2, 0.25) is 5.91 Å². The van der Waals surface area contributed by atoms with Gasteiger partial charge in [-0.05, 0) is 29.9 Å². The molecule has 0 saturated carbocycles. The summed E-state index contributed by atoms with van der Waals surface area (Å²) in [5.41, 5.74) is 3.22. The van der Waals surface area contributed by atoms with Crippen LogP contribution >= 0.6 is 0 Å². The number of rotatable bonds is 6. The van der Waals surface area contributed by atoms with Crippen molar-refractivity contribution in [2.75, 3.05) is 11.9 Å². The van der Waals surface area contributed by atoms with Gasteiger partial charge >= 0.3 is 0 Å². The number of aliphatic hydroxyl groups is 1. The predicted molar refractivity (Wildman–Crippen MR) is 79.2 cm³/mol. The highest BCUT2D eigenvalue weighted by molar-refractivity contribution is 5.94. The second-order valence-electron chi connectivity index (χ2n) is 5.18. The number of amides is 1. The van der Waals surface area contributed by atoms with Crippen LogP contribution in [0.2, 0.25) is 0 Å².